The Labute approximate surface area is 48.4 Å². The Balaban J connectivity index is 3.08. The Hall–Kier alpha value is -0.890. The van der Waals surface area contributed by atoms with Crippen molar-refractivity contribution < 1.29 is 10.7 Å². The van der Waals surface area contributed by atoms with Crippen LogP contribution in [0, 0.1) is 6.92 Å². The third-order valence-corrected chi connectivity index (χ3v) is 1.02. The summed E-state index contributed by atoms with van der Waals surface area (Å²) in [5.74, 6) is 0.963. The van der Waals surface area contributed by atoms with Crippen LogP contribution in [-0.4, -0.2) is 0 Å². The number of rotatable bonds is 0. The summed E-state index contributed by atoms with van der Waals surface area (Å²) in [5.41, 5.74) is 4.97. The zero-order valence-corrected chi connectivity index (χ0v) is 4.94. The molecule has 1 heterocycles. The average Bonchev–Trinajstić information content (AvgIpc) is 1.64. The van der Waals surface area contributed by atoms with Crippen LogP contribution < -0.4 is 10.7 Å². The summed E-state index contributed by atoms with van der Waals surface area (Å²) < 4.78 is 0. The number of H-pyrrole nitrogens is 1. The Morgan fingerprint density at radius 2 is 2.38 bits per heavy atom. The summed E-state index contributed by atoms with van der Waals surface area (Å²) >= 11 is 0. The molecular formula is C6H10N2+2. The van der Waals surface area contributed by atoms with Crippen LogP contribution in [0.4, 0.5) is 5.82 Å². The fourth-order valence-corrected chi connectivity index (χ4v) is 0.645. The molecule has 0 atom stereocenters. The molecule has 1 aromatic heterocycles. The van der Waals surface area contributed by atoms with E-state index < -0.39 is 0 Å². The van der Waals surface area contributed by atoms with Gasteiger partial charge in [-0.25, -0.2) is 0 Å². The number of quaternary nitrogens is 1. The quantitative estimate of drug-likeness (QED) is 0.475. The summed E-state index contributed by atoms with van der Waals surface area (Å²) in [6, 6.07) is 4.01. The maximum Gasteiger partial charge on any atom is 0.362 e. The summed E-state index contributed by atoms with van der Waals surface area (Å²) in [5, 5.41) is 0. The molecule has 0 amide bonds. The topological polar surface area (TPSA) is 41.8 Å². The molecule has 8 heavy (non-hydrogen) atoms. The second kappa shape index (κ2) is 1.92. The molecule has 42 valence electrons. The molecule has 0 unspecified atom stereocenters. The highest BCUT2D eigenvalue weighted by atomic mass is 14.8. The first-order valence-electron chi connectivity index (χ1n) is 2.59. The van der Waals surface area contributed by atoms with Crippen molar-refractivity contribution in [2.75, 3.05) is 0 Å². The molecule has 0 spiro atoms. The van der Waals surface area contributed by atoms with Gasteiger partial charge in [-0.15, -0.1) is 0 Å². The van der Waals surface area contributed by atoms with Gasteiger partial charge in [-0.1, -0.05) is 0 Å². The summed E-state index contributed by atoms with van der Waals surface area (Å²) in [7, 11) is 0. The summed E-state index contributed by atoms with van der Waals surface area (Å²) in [6.07, 6.45) is 1.89. The molecular weight excluding hydrogens is 100 g/mol. The van der Waals surface area contributed by atoms with E-state index >= 15 is 0 Å². The van der Waals surface area contributed by atoms with Crippen molar-refractivity contribution in [3.8, 4) is 0 Å². The smallest absolute Gasteiger partial charge is 0.269 e. The molecule has 0 bridgehead atoms. The van der Waals surface area contributed by atoms with Crippen LogP contribution in [0.1, 0.15) is 5.56 Å². The fourth-order valence-electron chi connectivity index (χ4n) is 0.645. The monoisotopic (exact) mass is 110 g/mol. The normalized spacial score (nSPS) is 9.25. The SMILES string of the molecule is Cc1cc[nH+]c([NH3+])c1. The highest BCUT2D eigenvalue weighted by molar-refractivity contribution is 5.16. The van der Waals surface area contributed by atoms with Crippen molar-refractivity contribution in [1.82, 2.24) is 0 Å². The van der Waals surface area contributed by atoms with E-state index in [1.54, 1.807) is 0 Å². The minimum atomic E-state index is 0.963. The Morgan fingerprint density at radius 1 is 1.62 bits per heavy atom. The third-order valence-electron chi connectivity index (χ3n) is 1.02. The van der Waals surface area contributed by atoms with Crippen LogP contribution in [0.15, 0.2) is 18.3 Å². The molecule has 0 aromatic carbocycles. The fraction of sp³-hybridized carbons (Fsp3) is 0.167. The number of nitrogens with one attached hydrogen (secondary N) is 1. The average molecular weight is 110 g/mol. The van der Waals surface area contributed by atoms with Gasteiger partial charge in [-0.2, -0.15) is 4.98 Å². The molecule has 4 N–H and O–H groups in total. The van der Waals surface area contributed by atoms with Crippen molar-refractivity contribution in [2.24, 2.45) is 0 Å². The lowest BCUT2D eigenvalue weighted by atomic mass is 10.3. The van der Waals surface area contributed by atoms with Crippen LogP contribution in [0.25, 0.3) is 0 Å². The second-order valence-electron chi connectivity index (χ2n) is 1.89. The molecule has 1 rings (SSSR count). The predicted molar refractivity (Wildman–Crippen MR) is 30.3 cm³/mol. The maximum absolute atomic E-state index is 3.73. The van der Waals surface area contributed by atoms with E-state index in [1.807, 2.05) is 25.3 Å². The minimum absolute atomic E-state index is 0.963. The molecule has 0 fully saturated rings. The van der Waals surface area contributed by atoms with Gasteiger partial charge in [0.25, 0.3) is 0 Å². The van der Waals surface area contributed by atoms with Gasteiger partial charge in [0, 0.05) is 6.07 Å². The maximum atomic E-state index is 3.73. The van der Waals surface area contributed by atoms with Crippen molar-refractivity contribution in [3.05, 3.63) is 23.9 Å². The van der Waals surface area contributed by atoms with Crippen molar-refractivity contribution in [3.63, 3.8) is 0 Å². The first-order valence-corrected chi connectivity index (χ1v) is 2.59. The van der Waals surface area contributed by atoms with E-state index in [0.29, 0.717) is 0 Å². The number of pyridine rings is 1. The first-order chi connectivity index (χ1) is 3.79. The number of aromatic amines is 1. The van der Waals surface area contributed by atoms with E-state index in [1.165, 1.54) is 5.56 Å². The van der Waals surface area contributed by atoms with Crippen molar-refractivity contribution >= 4 is 5.82 Å². The highest BCUT2D eigenvalue weighted by Crippen LogP contribution is 1.92. The molecule has 0 aliphatic rings. The molecule has 2 heteroatoms. The van der Waals surface area contributed by atoms with Crippen LogP contribution in [-0.2, 0) is 0 Å². The van der Waals surface area contributed by atoms with E-state index in [9.17, 15) is 0 Å². The molecule has 2 nitrogen and oxygen atoms in total. The third kappa shape index (κ3) is 1.04. The minimum Gasteiger partial charge on any atom is -0.269 e. The summed E-state index contributed by atoms with van der Waals surface area (Å²) in [6.45, 7) is 2.04. The van der Waals surface area contributed by atoms with Gasteiger partial charge < -0.3 is 0 Å². The highest BCUT2D eigenvalue weighted by Gasteiger charge is 1.93. The molecule has 0 aliphatic carbocycles. The van der Waals surface area contributed by atoms with Crippen LogP contribution in [0.2, 0.25) is 0 Å². The first kappa shape index (κ1) is 5.25. The van der Waals surface area contributed by atoms with Gasteiger partial charge in [0.2, 0.25) is 0 Å². The molecule has 0 radical (unpaired) electrons. The van der Waals surface area contributed by atoms with Crippen molar-refractivity contribution in [2.45, 2.75) is 6.92 Å². The van der Waals surface area contributed by atoms with Crippen molar-refractivity contribution in [1.29, 1.82) is 0 Å². The van der Waals surface area contributed by atoms with Gasteiger partial charge in [0.15, 0.2) is 6.20 Å². The number of aromatic nitrogens is 1. The van der Waals surface area contributed by atoms with E-state index in [-0.39, 0.29) is 0 Å². The van der Waals surface area contributed by atoms with E-state index in [4.69, 9.17) is 0 Å². The van der Waals surface area contributed by atoms with Crippen LogP contribution in [0.3, 0.4) is 0 Å². The molecule has 1 aromatic rings. The van der Waals surface area contributed by atoms with E-state index in [0.717, 1.165) is 5.82 Å². The number of aryl methyl sites for hydroxylation is 1. The van der Waals surface area contributed by atoms with Gasteiger partial charge in [0.05, 0.1) is 6.07 Å². The number of hydrogen-bond donors (Lipinski definition) is 1. The van der Waals surface area contributed by atoms with Gasteiger partial charge >= 0.3 is 5.82 Å². The number of hydrogen-bond acceptors (Lipinski definition) is 0. The lowest BCUT2D eigenvalue weighted by Gasteiger charge is -1.80. The molecule has 0 aliphatic heterocycles. The lowest BCUT2D eigenvalue weighted by molar-refractivity contribution is -0.477. The van der Waals surface area contributed by atoms with Crippen LogP contribution in [0.5, 0.6) is 0 Å². The van der Waals surface area contributed by atoms with Gasteiger partial charge in [0.1, 0.15) is 0 Å². The Morgan fingerprint density at radius 3 is 2.75 bits per heavy atom. The largest absolute Gasteiger partial charge is 0.362 e. The Bertz CT molecular complexity index is 166. The molecule has 0 saturated heterocycles. The van der Waals surface area contributed by atoms with Crippen LogP contribution >= 0.6 is 0 Å². The Kier molecular flexibility index (Phi) is 1.26. The predicted octanol–water partition coefficient (Wildman–Crippen LogP) is -0.317. The second-order valence-corrected chi connectivity index (χ2v) is 1.89. The zero-order valence-electron chi connectivity index (χ0n) is 4.94. The van der Waals surface area contributed by atoms with E-state index in [2.05, 4.69) is 10.7 Å². The summed E-state index contributed by atoms with van der Waals surface area (Å²) in [4.78, 5) is 2.96. The standard InChI is InChI=1S/C6H8N2/c1-5-2-3-8-6(7)4-5/h2-4H,1H3,(H2,7,8)/p+2. The molecule has 0 saturated carbocycles. The lowest BCUT2D eigenvalue weighted by Crippen LogP contribution is -2.46. The zero-order chi connectivity index (χ0) is 5.98. The van der Waals surface area contributed by atoms with Gasteiger partial charge in [-0.3, -0.25) is 5.73 Å². The van der Waals surface area contributed by atoms with Gasteiger partial charge in [-0.05, 0) is 12.5 Å².